The van der Waals surface area contributed by atoms with Gasteiger partial charge in [0.2, 0.25) is 0 Å². The number of hydrogen-bond donors (Lipinski definition) is 2. The first-order valence-corrected chi connectivity index (χ1v) is 18.1. The van der Waals surface area contributed by atoms with E-state index in [9.17, 15) is 0 Å². The lowest BCUT2D eigenvalue weighted by molar-refractivity contribution is 0.411. The molecule has 1 aliphatic rings. The van der Waals surface area contributed by atoms with E-state index in [-0.39, 0.29) is 12.3 Å². The zero-order valence-electron chi connectivity index (χ0n) is 28.9. The Morgan fingerprint density at radius 3 is 1.92 bits per heavy atom. The second-order valence-corrected chi connectivity index (χ2v) is 13.6. The zero-order chi connectivity index (χ0) is 35.1. The Bertz CT molecular complexity index is 2780. The van der Waals surface area contributed by atoms with Crippen molar-refractivity contribution < 1.29 is 4.42 Å². The molecule has 9 aromatic rings. The highest BCUT2D eigenvalue weighted by Gasteiger charge is 2.28. The van der Waals surface area contributed by atoms with Gasteiger partial charge in [0.15, 0.2) is 0 Å². The number of amidine groups is 1. The molecule has 2 unspecified atom stereocenters. The number of nitrogens with zero attached hydrogens (tertiary/aromatic N) is 1. The number of rotatable bonds is 6. The van der Waals surface area contributed by atoms with Crippen LogP contribution in [0, 0.1) is 0 Å². The molecular weight excluding hydrogens is 647 g/mol. The van der Waals surface area contributed by atoms with Crippen molar-refractivity contribution in [1.29, 1.82) is 0 Å². The minimum Gasteiger partial charge on any atom is -0.456 e. The summed E-state index contributed by atoms with van der Waals surface area (Å²) in [5, 5.41) is 12.3. The van der Waals surface area contributed by atoms with Crippen LogP contribution in [0.1, 0.15) is 29.0 Å². The molecule has 0 bridgehead atoms. The van der Waals surface area contributed by atoms with E-state index in [1.54, 1.807) is 0 Å². The van der Waals surface area contributed by atoms with Crippen molar-refractivity contribution in [2.24, 2.45) is 4.99 Å². The van der Waals surface area contributed by atoms with Crippen LogP contribution in [-0.4, -0.2) is 5.84 Å². The maximum atomic E-state index is 6.58. The van der Waals surface area contributed by atoms with Crippen LogP contribution in [0.3, 0.4) is 0 Å². The summed E-state index contributed by atoms with van der Waals surface area (Å²) >= 11 is 0. The molecule has 2 N–H and O–H groups in total. The SMILES string of the molecule is c1ccc(-c2cccc(-c3cccc4oc5cccc(C6NC(c7ccc(-c8cccc9ccccc89)cc7)=NC(c7ccccc7)N6)c5c34)c2)cc1. The Morgan fingerprint density at radius 1 is 0.453 bits per heavy atom. The second-order valence-electron chi connectivity index (χ2n) is 13.6. The summed E-state index contributed by atoms with van der Waals surface area (Å²) in [6.45, 7) is 0. The van der Waals surface area contributed by atoms with Gasteiger partial charge in [0.25, 0.3) is 0 Å². The first-order chi connectivity index (χ1) is 26.3. The molecule has 4 nitrogen and oxygen atoms in total. The second kappa shape index (κ2) is 13.1. The van der Waals surface area contributed by atoms with E-state index in [2.05, 4.69) is 193 Å². The minimum atomic E-state index is -0.259. The largest absolute Gasteiger partial charge is 0.456 e. The lowest BCUT2D eigenvalue weighted by Gasteiger charge is -2.32. The van der Waals surface area contributed by atoms with Crippen LogP contribution in [-0.2, 0) is 0 Å². The molecule has 4 heteroatoms. The summed E-state index contributed by atoms with van der Waals surface area (Å²) < 4.78 is 6.58. The Morgan fingerprint density at radius 2 is 1.08 bits per heavy atom. The lowest BCUT2D eigenvalue weighted by Crippen LogP contribution is -2.45. The summed E-state index contributed by atoms with van der Waals surface area (Å²) in [4.78, 5) is 5.26. The smallest absolute Gasteiger partial charge is 0.136 e. The fourth-order valence-electron chi connectivity index (χ4n) is 7.83. The third kappa shape index (κ3) is 5.66. The predicted octanol–water partition coefficient (Wildman–Crippen LogP) is 12.1. The van der Waals surface area contributed by atoms with Crippen LogP contribution >= 0.6 is 0 Å². The molecule has 0 saturated carbocycles. The van der Waals surface area contributed by atoms with Gasteiger partial charge in [0.1, 0.15) is 29.3 Å². The van der Waals surface area contributed by atoms with Gasteiger partial charge in [0.05, 0.1) is 0 Å². The molecule has 0 radical (unpaired) electrons. The highest BCUT2D eigenvalue weighted by Crippen LogP contribution is 2.41. The van der Waals surface area contributed by atoms with Crippen molar-refractivity contribution in [2.75, 3.05) is 0 Å². The van der Waals surface area contributed by atoms with Crippen molar-refractivity contribution in [3.8, 4) is 33.4 Å². The van der Waals surface area contributed by atoms with Crippen LogP contribution in [0.5, 0.6) is 0 Å². The number of nitrogens with one attached hydrogen (secondary N) is 2. The number of aliphatic imine (C=N–C) groups is 1. The first kappa shape index (κ1) is 31.0. The van der Waals surface area contributed by atoms with E-state index in [0.717, 1.165) is 55.6 Å². The molecule has 10 rings (SSSR count). The van der Waals surface area contributed by atoms with Gasteiger partial charge in [0, 0.05) is 21.9 Å². The standard InChI is InChI=1S/C49H35N3O/c1-3-13-32(14-4-1)37-19-9-20-38(31-37)41-23-11-25-43-45(41)46-42(24-12-26-44(46)53-43)49-51-47(35-16-5-2-6-17-35)50-48(52-49)36-29-27-34(28-30-36)40-22-10-18-33-15-7-8-21-39(33)40/h1-31,47,49,51H,(H,50,52). The minimum absolute atomic E-state index is 0.251. The molecule has 1 aromatic heterocycles. The number of benzene rings is 8. The molecule has 2 atom stereocenters. The molecule has 1 aliphatic heterocycles. The summed E-state index contributed by atoms with van der Waals surface area (Å²) in [7, 11) is 0. The van der Waals surface area contributed by atoms with E-state index in [4.69, 9.17) is 9.41 Å². The Hall–Kier alpha value is -6.75. The van der Waals surface area contributed by atoms with E-state index >= 15 is 0 Å². The monoisotopic (exact) mass is 681 g/mol. The third-order valence-corrected chi connectivity index (χ3v) is 10.4. The molecule has 0 fully saturated rings. The van der Waals surface area contributed by atoms with Crippen molar-refractivity contribution in [3.63, 3.8) is 0 Å². The number of hydrogen-bond acceptors (Lipinski definition) is 4. The summed E-state index contributed by atoms with van der Waals surface area (Å²) in [6, 6.07) is 66.3. The van der Waals surface area contributed by atoms with Gasteiger partial charge >= 0.3 is 0 Å². The third-order valence-electron chi connectivity index (χ3n) is 10.4. The Kier molecular flexibility index (Phi) is 7.67. The average Bonchev–Trinajstić information content (AvgIpc) is 3.63. The molecule has 0 amide bonds. The van der Waals surface area contributed by atoms with E-state index in [1.165, 1.54) is 33.0 Å². The maximum Gasteiger partial charge on any atom is 0.136 e. The van der Waals surface area contributed by atoms with Crippen LogP contribution in [0.25, 0.3) is 66.1 Å². The van der Waals surface area contributed by atoms with Crippen LogP contribution < -0.4 is 10.6 Å². The van der Waals surface area contributed by atoms with E-state index < -0.39 is 0 Å². The van der Waals surface area contributed by atoms with Crippen LogP contribution in [0.15, 0.2) is 197 Å². The molecule has 53 heavy (non-hydrogen) atoms. The summed E-state index contributed by atoms with van der Waals surface area (Å²) in [5.41, 5.74) is 12.0. The van der Waals surface area contributed by atoms with E-state index in [1.807, 2.05) is 6.07 Å². The van der Waals surface area contributed by atoms with Crippen molar-refractivity contribution in [2.45, 2.75) is 12.3 Å². The number of fused-ring (bicyclic) bond motifs is 4. The molecule has 2 heterocycles. The van der Waals surface area contributed by atoms with Crippen molar-refractivity contribution in [3.05, 3.63) is 205 Å². The lowest BCUT2D eigenvalue weighted by atomic mass is 9.94. The molecule has 0 spiro atoms. The zero-order valence-corrected chi connectivity index (χ0v) is 28.9. The van der Waals surface area contributed by atoms with Gasteiger partial charge in [-0.15, -0.1) is 0 Å². The topological polar surface area (TPSA) is 49.6 Å². The van der Waals surface area contributed by atoms with E-state index in [0.29, 0.717) is 0 Å². The van der Waals surface area contributed by atoms with Gasteiger partial charge in [-0.3, -0.25) is 5.32 Å². The predicted molar refractivity (Wildman–Crippen MR) is 219 cm³/mol. The molecule has 8 aromatic carbocycles. The molecule has 0 saturated heterocycles. The van der Waals surface area contributed by atoms with Gasteiger partial charge in [-0.05, 0) is 67.9 Å². The van der Waals surface area contributed by atoms with Crippen molar-refractivity contribution in [1.82, 2.24) is 10.6 Å². The quantitative estimate of drug-likeness (QED) is 0.184. The normalized spacial score (nSPS) is 15.7. The molecule has 252 valence electrons. The highest BCUT2D eigenvalue weighted by atomic mass is 16.3. The number of furan rings is 1. The molecular formula is C49H35N3O. The van der Waals surface area contributed by atoms with Crippen molar-refractivity contribution >= 4 is 38.5 Å². The average molecular weight is 682 g/mol. The van der Waals surface area contributed by atoms with Gasteiger partial charge in [-0.1, -0.05) is 170 Å². The summed E-state index contributed by atoms with van der Waals surface area (Å²) in [6.07, 6.45) is -0.510. The summed E-state index contributed by atoms with van der Waals surface area (Å²) in [5.74, 6) is 0.840. The van der Waals surface area contributed by atoms with Crippen LogP contribution in [0.2, 0.25) is 0 Å². The Balaban J connectivity index is 1.08. The van der Waals surface area contributed by atoms with Gasteiger partial charge in [-0.25, -0.2) is 4.99 Å². The highest BCUT2D eigenvalue weighted by molar-refractivity contribution is 6.14. The van der Waals surface area contributed by atoms with Gasteiger partial charge in [-0.2, -0.15) is 0 Å². The van der Waals surface area contributed by atoms with Crippen LogP contribution in [0.4, 0.5) is 0 Å². The van der Waals surface area contributed by atoms with Gasteiger partial charge < -0.3 is 9.73 Å². The first-order valence-electron chi connectivity index (χ1n) is 18.1. The molecule has 0 aliphatic carbocycles. The fraction of sp³-hybridized carbons (Fsp3) is 0.0408. The fourth-order valence-corrected chi connectivity index (χ4v) is 7.83. The Labute approximate surface area is 308 Å². The maximum absolute atomic E-state index is 6.58.